The van der Waals surface area contributed by atoms with Crippen LogP contribution in [0.1, 0.15) is 35.5 Å². The maximum Gasteiger partial charge on any atom is 0.292 e. The smallest absolute Gasteiger partial charge is 0.267 e. The first-order valence-corrected chi connectivity index (χ1v) is 9.06. The number of benzene rings is 2. The van der Waals surface area contributed by atoms with Gasteiger partial charge in [-0.15, -0.1) is 0 Å². The third-order valence-electron chi connectivity index (χ3n) is 4.45. The predicted molar refractivity (Wildman–Crippen MR) is 109 cm³/mol. The first kappa shape index (κ1) is 19.9. The Bertz CT molecular complexity index is 1180. The molecule has 0 spiro atoms. The van der Waals surface area contributed by atoms with E-state index in [0.717, 1.165) is 0 Å². The van der Waals surface area contributed by atoms with Gasteiger partial charge in [0, 0.05) is 29.1 Å². The lowest BCUT2D eigenvalue weighted by Crippen LogP contribution is -2.28. The molecular weight excluding hydrogens is 374 g/mol. The molecule has 0 bridgehead atoms. The minimum atomic E-state index is -0.584. The molecule has 2 aromatic carbocycles. The van der Waals surface area contributed by atoms with E-state index in [1.807, 2.05) is 6.92 Å². The number of carbonyl (C=O) groups excluding carboxylic acids is 1. The van der Waals surface area contributed by atoms with Crippen molar-refractivity contribution in [3.63, 3.8) is 0 Å². The lowest BCUT2D eigenvalue weighted by Gasteiger charge is -2.08. The number of aryl methyl sites for hydroxylation is 2. The monoisotopic (exact) mass is 393 g/mol. The van der Waals surface area contributed by atoms with Crippen LogP contribution < -0.4 is 11.0 Å². The van der Waals surface area contributed by atoms with Gasteiger partial charge in [-0.1, -0.05) is 37.3 Å². The second kappa shape index (κ2) is 8.42. The zero-order chi connectivity index (χ0) is 21.0. The number of hydrogen-bond donors (Lipinski definition) is 1. The predicted octanol–water partition coefficient (Wildman–Crippen LogP) is 2.65. The molecule has 0 atom stereocenters. The van der Waals surface area contributed by atoms with Gasteiger partial charge in [-0.2, -0.15) is 10.2 Å². The van der Waals surface area contributed by atoms with Crippen LogP contribution in [0.25, 0.3) is 10.8 Å². The van der Waals surface area contributed by atoms with Crippen LogP contribution in [0.4, 0.5) is 5.69 Å². The Hall–Kier alpha value is -3.88. The van der Waals surface area contributed by atoms with Gasteiger partial charge in [0.15, 0.2) is 5.69 Å². The molecule has 1 amide bonds. The van der Waals surface area contributed by atoms with Crippen LogP contribution in [-0.2, 0) is 13.0 Å². The van der Waals surface area contributed by atoms with Gasteiger partial charge < -0.3 is 0 Å². The van der Waals surface area contributed by atoms with Gasteiger partial charge in [0.05, 0.1) is 16.5 Å². The minimum Gasteiger partial charge on any atom is -0.267 e. The molecule has 148 valence electrons. The summed E-state index contributed by atoms with van der Waals surface area (Å²) in [5.41, 5.74) is 3.28. The van der Waals surface area contributed by atoms with Crippen molar-refractivity contribution >= 4 is 28.6 Å². The lowest BCUT2D eigenvalue weighted by atomic mass is 10.1. The summed E-state index contributed by atoms with van der Waals surface area (Å²) in [6.07, 6.45) is 1.86. The molecule has 9 nitrogen and oxygen atoms in total. The fourth-order valence-corrected chi connectivity index (χ4v) is 2.97. The second-order valence-electron chi connectivity index (χ2n) is 6.21. The van der Waals surface area contributed by atoms with Crippen LogP contribution in [0.2, 0.25) is 0 Å². The summed E-state index contributed by atoms with van der Waals surface area (Å²) in [6.45, 7) is 3.92. The minimum absolute atomic E-state index is 0.00506. The first-order valence-electron chi connectivity index (χ1n) is 9.06. The van der Waals surface area contributed by atoms with E-state index in [9.17, 15) is 19.7 Å². The van der Waals surface area contributed by atoms with Gasteiger partial charge >= 0.3 is 0 Å². The molecule has 1 N–H and O–H groups in total. The van der Waals surface area contributed by atoms with Gasteiger partial charge in [-0.25, -0.2) is 10.1 Å². The highest BCUT2D eigenvalue weighted by Crippen LogP contribution is 2.20. The molecule has 0 saturated carbocycles. The SMILES string of the molecule is CCc1ccc(/C=N\NC(=O)c2nn(CC)c(=O)c3ccccc23)cc1[N+](=O)[O-]. The van der Waals surface area contributed by atoms with E-state index in [1.165, 1.54) is 17.0 Å². The van der Waals surface area contributed by atoms with Crippen molar-refractivity contribution in [2.45, 2.75) is 26.8 Å². The van der Waals surface area contributed by atoms with Crippen LogP contribution in [0, 0.1) is 10.1 Å². The molecule has 0 saturated heterocycles. The molecule has 0 radical (unpaired) electrons. The summed E-state index contributed by atoms with van der Waals surface area (Å²) in [6, 6.07) is 11.5. The number of fused-ring (bicyclic) bond motifs is 1. The van der Waals surface area contributed by atoms with Crippen molar-refractivity contribution in [3.8, 4) is 0 Å². The van der Waals surface area contributed by atoms with Crippen molar-refractivity contribution in [1.82, 2.24) is 15.2 Å². The average molecular weight is 393 g/mol. The van der Waals surface area contributed by atoms with E-state index >= 15 is 0 Å². The highest BCUT2D eigenvalue weighted by molar-refractivity contribution is 6.04. The molecule has 3 aromatic rings. The molecule has 29 heavy (non-hydrogen) atoms. The van der Waals surface area contributed by atoms with Crippen molar-refractivity contribution in [3.05, 3.63) is 79.8 Å². The molecule has 0 unspecified atom stereocenters. The topological polar surface area (TPSA) is 119 Å². The zero-order valence-corrected chi connectivity index (χ0v) is 16.0. The third kappa shape index (κ3) is 4.03. The summed E-state index contributed by atoms with van der Waals surface area (Å²) >= 11 is 0. The van der Waals surface area contributed by atoms with Gasteiger partial charge in [-0.3, -0.25) is 19.7 Å². The number of nitro groups is 1. The van der Waals surface area contributed by atoms with Crippen LogP contribution in [-0.4, -0.2) is 26.8 Å². The highest BCUT2D eigenvalue weighted by Gasteiger charge is 2.16. The number of nitrogens with one attached hydrogen (secondary N) is 1. The number of nitrogens with zero attached hydrogens (tertiary/aromatic N) is 4. The number of aromatic nitrogens is 2. The largest absolute Gasteiger partial charge is 0.292 e. The number of hydrogen-bond acceptors (Lipinski definition) is 6. The molecular formula is C20H19N5O4. The summed E-state index contributed by atoms with van der Waals surface area (Å²) < 4.78 is 1.22. The zero-order valence-electron chi connectivity index (χ0n) is 16.0. The van der Waals surface area contributed by atoms with Crippen molar-refractivity contribution in [2.24, 2.45) is 5.10 Å². The maximum atomic E-state index is 12.6. The summed E-state index contributed by atoms with van der Waals surface area (Å²) in [7, 11) is 0. The summed E-state index contributed by atoms with van der Waals surface area (Å²) in [5, 5.41) is 20.0. The second-order valence-corrected chi connectivity index (χ2v) is 6.21. The molecule has 9 heteroatoms. The third-order valence-corrected chi connectivity index (χ3v) is 4.45. The van der Waals surface area contributed by atoms with Crippen molar-refractivity contribution < 1.29 is 9.72 Å². The number of rotatable bonds is 6. The van der Waals surface area contributed by atoms with Crippen LogP contribution in [0.15, 0.2) is 52.4 Å². The fourth-order valence-electron chi connectivity index (χ4n) is 2.97. The van der Waals surface area contributed by atoms with E-state index in [-0.39, 0.29) is 16.9 Å². The van der Waals surface area contributed by atoms with E-state index in [0.29, 0.717) is 34.9 Å². The molecule has 1 aromatic heterocycles. The normalized spacial score (nSPS) is 11.1. The number of nitro benzene ring substituents is 1. The van der Waals surface area contributed by atoms with Gasteiger partial charge in [0.25, 0.3) is 17.2 Å². The highest BCUT2D eigenvalue weighted by atomic mass is 16.6. The Kier molecular flexibility index (Phi) is 5.77. The van der Waals surface area contributed by atoms with Crippen LogP contribution in [0.3, 0.4) is 0 Å². The quantitative estimate of drug-likeness (QED) is 0.392. The molecule has 1 heterocycles. The van der Waals surface area contributed by atoms with Crippen LogP contribution in [0.5, 0.6) is 0 Å². The van der Waals surface area contributed by atoms with E-state index < -0.39 is 10.8 Å². The average Bonchev–Trinajstić information content (AvgIpc) is 2.74. The molecule has 3 rings (SSSR count). The van der Waals surface area contributed by atoms with Gasteiger partial charge in [0.2, 0.25) is 0 Å². The fraction of sp³-hybridized carbons (Fsp3) is 0.200. The Morgan fingerprint density at radius 2 is 1.97 bits per heavy atom. The molecule has 0 aliphatic carbocycles. The standard InChI is InChI=1S/C20H19N5O4/c1-3-14-10-9-13(11-17(14)25(28)29)12-21-22-19(26)18-15-7-5-6-8-16(15)20(27)24(4-2)23-18/h5-12H,3-4H2,1-2H3,(H,22,26)/b21-12-. The molecule has 0 fully saturated rings. The van der Waals surface area contributed by atoms with E-state index in [1.54, 1.807) is 43.3 Å². The maximum absolute atomic E-state index is 12.6. The molecule has 0 aliphatic rings. The summed E-state index contributed by atoms with van der Waals surface area (Å²) in [4.78, 5) is 35.7. The van der Waals surface area contributed by atoms with Crippen LogP contribution >= 0.6 is 0 Å². The van der Waals surface area contributed by atoms with E-state index in [4.69, 9.17) is 0 Å². The Balaban J connectivity index is 1.88. The Labute approximate surface area is 165 Å². The number of amides is 1. The van der Waals surface area contributed by atoms with Crippen molar-refractivity contribution in [2.75, 3.05) is 0 Å². The lowest BCUT2D eigenvalue weighted by molar-refractivity contribution is -0.385. The Morgan fingerprint density at radius 3 is 2.62 bits per heavy atom. The molecule has 0 aliphatic heterocycles. The van der Waals surface area contributed by atoms with E-state index in [2.05, 4.69) is 15.6 Å². The van der Waals surface area contributed by atoms with Gasteiger partial charge in [-0.05, 0) is 19.4 Å². The number of hydrazone groups is 1. The van der Waals surface area contributed by atoms with Crippen molar-refractivity contribution in [1.29, 1.82) is 0 Å². The Morgan fingerprint density at radius 1 is 1.24 bits per heavy atom. The first-order chi connectivity index (χ1) is 14.0. The van der Waals surface area contributed by atoms with Gasteiger partial charge in [0.1, 0.15) is 0 Å². The number of carbonyl (C=O) groups is 1. The summed E-state index contributed by atoms with van der Waals surface area (Å²) in [5.74, 6) is -0.584.